The van der Waals surface area contributed by atoms with Gasteiger partial charge in [-0.2, -0.15) is 0 Å². The number of nitrogens with one attached hydrogen (secondary N) is 4. The second-order valence-corrected chi connectivity index (χ2v) is 15.3. The normalized spacial score (nSPS) is 12.4. The number of rotatable bonds is 40. The molecule has 0 aromatic heterocycles. The molecule has 2 atom stereocenters. The minimum Gasteiger partial charge on any atom is -0.481 e. The van der Waals surface area contributed by atoms with E-state index in [0.29, 0.717) is 6.42 Å². The van der Waals surface area contributed by atoms with Crippen LogP contribution in [0, 0.1) is 0 Å². The highest BCUT2D eigenvalue weighted by molar-refractivity contribution is 14.1. The van der Waals surface area contributed by atoms with Crippen LogP contribution in [0.5, 0.6) is 0 Å². The predicted octanol–water partition coefficient (Wildman–Crippen LogP) is 3.04. The molecule has 0 spiro atoms. The fraction of sp³-hybridized carbons (Fsp3) is 0.846. The molecule has 0 bridgehead atoms. The quantitative estimate of drug-likeness (QED) is 0.0202. The summed E-state index contributed by atoms with van der Waals surface area (Å²) in [5.41, 5.74) is 0. The zero-order valence-corrected chi connectivity index (χ0v) is 36.4. The number of carbonyl (C=O) groups excluding carboxylic acids is 5. The second-order valence-electron chi connectivity index (χ2n) is 14.2. The number of hydrogen-bond donors (Lipinski definition) is 7. The number of ether oxygens (including phenoxy) is 4. The number of carboxylic acid groups (broad SMARTS) is 1. The summed E-state index contributed by atoms with van der Waals surface area (Å²) in [7, 11) is 0. The van der Waals surface area contributed by atoms with Crippen molar-refractivity contribution in [1.29, 1.82) is 0 Å². The van der Waals surface area contributed by atoms with E-state index >= 15 is 0 Å². The first-order valence-electron chi connectivity index (χ1n) is 20.5. The Kier molecular flexibility index (Phi) is 35.0. The zero-order valence-electron chi connectivity index (χ0n) is 34.3. The molecule has 17 nitrogen and oxygen atoms in total. The lowest BCUT2D eigenvalue weighted by Gasteiger charge is -2.28. The molecule has 0 unspecified atom stereocenters. The van der Waals surface area contributed by atoms with Crippen LogP contribution >= 0.6 is 22.6 Å². The fourth-order valence-corrected chi connectivity index (χ4v) is 5.64. The van der Waals surface area contributed by atoms with Crippen molar-refractivity contribution in [3.05, 3.63) is 0 Å². The first-order valence-corrected chi connectivity index (χ1v) is 21.6. The average molecular weight is 931 g/mol. The Morgan fingerprint density at radius 2 is 0.965 bits per heavy atom. The van der Waals surface area contributed by atoms with E-state index in [0.717, 1.165) is 38.5 Å². The van der Waals surface area contributed by atoms with Crippen LogP contribution in [0.1, 0.15) is 129 Å². The summed E-state index contributed by atoms with van der Waals surface area (Å²) >= 11 is 1.61. The molecule has 0 aliphatic carbocycles. The van der Waals surface area contributed by atoms with E-state index in [2.05, 4.69) is 21.3 Å². The van der Waals surface area contributed by atoms with Gasteiger partial charge in [0.25, 0.3) is 0 Å². The number of carbonyl (C=O) groups is 6. The van der Waals surface area contributed by atoms with Gasteiger partial charge in [-0.05, 0) is 33.1 Å². The topological polar surface area (TPSA) is 248 Å². The summed E-state index contributed by atoms with van der Waals surface area (Å²) < 4.78 is 21.0. The third-order valence-electron chi connectivity index (χ3n) is 8.77. The van der Waals surface area contributed by atoms with Crippen molar-refractivity contribution < 1.29 is 63.0 Å². The van der Waals surface area contributed by atoms with Crippen LogP contribution in [-0.4, -0.2) is 133 Å². The summed E-state index contributed by atoms with van der Waals surface area (Å²) in [6.07, 6.45) is 15.7. The van der Waals surface area contributed by atoms with Crippen molar-refractivity contribution in [1.82, 2.24) is 21.3 Å². The molecule has 0 aliphatic heterocycles. The Hall–Kier alpha value is -2.49. The summed E-state index contributed by atoms with van der Waals surface area (Å²) in [5, 5.41) is 39.4. The molecule has 332 valence electrons. The number of carboxylic acids is 1. The lowest BCUT2D eigenvalue weighted by atomic mass is 10.0. The maximum atomic E-state index is 12.5. The number of aliphatic hydroxyl groups is 2. The molecule has 0 aliphatic rings. The molecule has 18 heteroatoms. The van der Waals surface area contributed by atoms with Crippen LogP contribution in [0.2, 0.25) is 0 Å². The Morgan fingerprint density at radius 3 is 1.42 bits per heavy atom. The van der Waals surface area contributed by atoms with Crippen LogP contribution in [-0.2, 0) is 47.7 Å². The van der Waals surface area contributed by atoms with Crippen LogP contribution in [0.15, 0.2) is 0 Å². The van der Waals surface area contributed by atoms with Crippen molar-refractivity contribution in [2.75, 3.05) is 65.9 Å². The van der Waals surface area contributed by atoms with Gasteiger partial charge in [0.05, 0.1) is 51.7 Å². The molecule has 0 saturated carbocycles. The SMILES string of the molecule is C[C@@H](NC(=O)COCCOCCNC(=O)COCCOCCNC(=O)CC[C@@H](NC(=O)CCCCCCCCCCCCCCCCC(=O)O)C(C)(O)O)C(=O)I. The maximum absolute atomic E-state index is 12.5. The molecule has 4 amide bonds. The lowest BCUT2D eigenvalue weighted by molar-refractivity contribution is -0.173. The van der Waals surface area contributed by atoms with Gasteiger partial charge in [-0.1, -0.05) is 77.0 Å². The smallest absolute Gasteiger partial charge is 0.303 e. The van der Waals surface area contributed by atoms with Crippen molar-refractivity contribution in [3.8, 4) is 0 Å². The van der Waals surface area contributed by atoms with Gasteiger partial charge in [0.15, 0.2) is 5.79 Å². The van der Waals surface area contributed by atoms with Crippen LogP contribution in [0.3, 0.4) is 0 Å². The van der Waals surface area contributed by atoms with Crippen molar-refractivity contribution >= 4 is 56.0 Å². The van der Waals surface area contributed by atoms with E-state index in [4.69, 9.17) is 24.1 Å². The van der Waals surface area contributed by atoms with Crippen molar-refractivity contribution in [2.45, 2.75) is 147 Å². The van der Waals surface area contributed by atoms with E-state index in [9.17, 15) is 39.0 Å². The first kappa shape index (κ1) is 54.5. The Bertz CT molecular complexity index is 1110. The average Bonchev–Trinajstić information content (AvgIpc) is 3.14. The van der Waals surface area contributed by atoms with Crippen LogP contribution in [0.25, 0.3) is 0 Å². The highest BCUT2D eigenvalue weighted by Gasteiger charge is 2.30. The number of halogens is 1. The highest BCUT2D eigenvalue weighted by Crippen LogP contribution is 2.15. The zero-order chi connectivity index (χ0) is 42.6. The highest BCUT2D eigenvalue weighted by atomic mass is 127. The van der Waals surface area contributed by atoms with Crippen LogP contribution in [0.4, 0.5) is 0 Å². The Labute approximate surface area is 352 Å². The summed E-state index contributed by atoms with van der Waals surface area (Å²) in [6, 6.07) is -1.57. The number of aliphatic carboxylic acids is 1. The largest absolute Gasteiger partial charge is 0.481 e. The number of unbranched alkanes of at least 4 members (excludes halogenated alkanes) is 13. The molecule has 0 radical (unpaired) electrons. The van der Waals surface area contributed by atoms with E-state index in [1.807, 2.05) is 0 Å². The molecular formula is C39H71IN4O13. The van der Waals surface area contributed by atoms with Gasteiger partial charge in [-0.15, -0.1) is 0 Å². The minimum absolute atomic E-state index is 0.0195. The molecule has 0 heterocycles. The monoisotopic (exact) mass is 930 g/mol. The lowest BCUT2D eigenvalue weighted by Crippen LogP contribution is -2.51. The summed E-state index contributed by atoms with van der Waals surface area (Å²) in [6.45, 7) is 4.16. The molecule has 0 fully saturated rings. The summed E-state index contributed by atoms with van der Waals surface area (Å²) in [5.74, 6) is -4.21. The third kappa shape index (κ3) is 37.5. The van der Waals surface area contributed by atoms with E-state index in [1.54, 1.807) is 29.5 Å². The van der Waals surface area contributed by atoms with Gasteiger partial charge in [0.2, 0.25) is 27.4 Å². The molecular weight excluding hydrogens is 859 g/mol. The standard InChI is InChI=1S/C39H71IN4O13/c1-31(38(40)51)43-36(48)30-57-28-26-55-24-22-42-35(47)29-56-27-25-54-23-21-41-33(45)20-19-32(39(2,52)53)44-34(46)17-15-13-11-9-7-5-3-4-6-8-10-12-14-16-18-37(49)50/h31-32,52-53H,3-30H2,1-2H3,(H,41,45)(H,42,47)(H,43,48)(H,44,46)(H,49,50)/t31-,32-/m1/s1. The number of amides is 4. The summed E-state index contributed by atoms with van der Waals surface area (Å²) in [4.78, 5) is 69.9. The van der Waals surface area contributed by atoms with Gasteiger partial charge in [0.1, 0.15) is 13.2 Å². The molecule has 0 aromatic carbocycles. The maximum Gasteiger partial charge on any atom is 0.303 e. The van der Waals surface area contributed by atoms with Gasteiger partial charge in [-0.3, -0.25) is 28.8 Å². The van der Waals surface area contributed by atoms with Crippen molar-refractivity contribution in [3.63, 3.8) is 0 Å². The van der Waals surface area contributed by atoms with Gasteiger partial charge >= 0.3 is 5.97 Å². The van der Waals surface area contributed by atoms with Crippen molar-refractivity contribution in [2.24, 2.45) is 0 Å². The van der Waals surface area contributed by atoms with Gasteiger partial charge < -0.3 is 55.5 Å². The predicted molar refractivity (Wildman–Crippen MR) is 221 cm³/mol. The van der Waals surface area contributed by atoms with Gasteiger partial charge in [0, 0.05) is 54.9 Å². The first-order chi connectivity index (χ1) is 27.2. The Balaban J connectivity index is 3.76. The fourth-order valence-electron chi connectivity index (χ4n) is 5.48. The molecule has 0 aromatic rings. The molecule has 0 rings (SSSR count). The third-order valence-corrected chi connectivity index (χ3v) is 9.70. The number of hydrogen-bond acceptors (Lipinski definition) is 12. The van der Waals surface area contributed by atoms with E-state index in [-0.39, 0.29) is 113 Å². The minimum atomic E-state index is -2.18. The molecule has 7 N–H and O–H groups in total. The van der Waals surface area contributed by atoms with E-state index in [1.165, 1.54) is 51.9 Å². The van der Waals surface area contributed by atoms with Gasteiger partial charge in [-0.25, -0.2) is 0 Å². The van der Waals surface area contributed by atoms with Crippen LogP contribution < -0.4 is 21.3 Å². The Morgan fingerprint density at radius 1 is 0.544 bits per heavy atom. The molecule has 57 heavy (non-hydrogen) atoms. The molecule has 0 saturated heterocycles. The van der Waals surface area contributed by atoms with E-state index < -0.39 is 29.7 Å². The second kappa shape index (κ2) is 36.6.